The molecule has 0 fully saturated rings. The molecular formula is C44H73N11O6. The van der Waals surface area contributed by atoms with Crippen LogP contribution in [0.3, 0.4) is 0 Å². The van der Waals surface area contributed by atoms with E-state index in [2.05, 4.69) is 58.5 Å². The zero-order chi connectivity index (χ0) is 44.6. The first-order chi connectivity index (χ1) is 29.5. The van der Waals surface area contributed by atoms with Gasteiger partial charge in [-0.1, -0.05) is 30.3 Å². The summed E-state index contributed by atoms with van der Waals surface area (Å²) in [4.78, 5) is 68.2. The molecular weight excluding hydrogens is 779 g/mol. The summed E-state index contributed by atoms with van der Waals surface area (Å²) < 4.78 is 0. The largest absolute Gasteiger partial charge is 0.508 e. The Bertz CT molecular complexity index is 1680. The Kier molecular flexibility index (Phi) is 23.3. The molecule has 0 aromatic heterocycles. The lowest BCUT2D eigenvalue weighted by Crippen LogP contribution is -2.57. The molecule has 4 bridgehead atoms. The van der Waals surface area contributed by atoms with E-state index in [9.17, 15) is 29.1 Å². The highest BCUT2D eigenvalue weighted by molar-refractivity contribution is 5.93. The van der Waals surface area contributed by atoms with E-state index in [0.29, 0.717) is 63.8 Å². The molecule has 0 radical (unpaired) electrons. The van der Waals surface area contributed by atoms with Crippen LogP contribution in [0.4, 0.5) is 0 Å². The first kappa shape index (κ1) is 50.7. The van der Waals surface area contributed by atoms with Gasteiger partial charge in [-0.3, -0.25) is 24.0 Å². The summed E-state index contributed by atoms with van der Waals surface area (Å²) in [7, 11) is 10.8. The highest BCUT2D eigenvalue weighted by Gasteiger charge is 2.31. The monoisotopic (exact) mass is 852 g/mol. The summed E-state index contributed by atoms with van der Waals surface area (Å²) in [6, 6.07) is 9.39. The zero-order valence-electron chi connectivity index (χ0n) is 37.1. The van der Waals surface area contributed by atoms with Crippen LogP contribution in [-0.2, 0) is 36.8 Å². The number of phenols is 1. The molecule has 5 amide bonds. The number of hydrogen-bond donors (Lipinski definition) is 12. The molecule has 17 nitrogen and oxygen atoms in total. The number of nitrogens with one attached hydrogen (secondary N) is 11. The van der Waals surface area contributed by atoms with Crippen molar-refractivity contribution in [2.45, 2.75) is 100 Å². The highest BCUT2D eigenvalue weighted by Crippen LogP contribution is 2.28. The van der Waals surface area contributed by atoms with Crippen LogP contribution >= 0.6 is 0 Å². The first-order valence-electron chi connectivity index (χ1n) is 21.8. The van der Waals surface area contributed by atoms with Crippen molar-refractivity contribution in [2.24, 2.45) is 0 Å². The van der Waals surface area contributed by atoms with Crippen LogP contribution in [0.15, 0.2) is 42.5 Å². The molecule has 61 heavy (non-hydrogen) atoms. The van der Waals surface area contributed by atoms with Gasteiger partial charge in [-0.25, -0.2) is 0 Å². The number of hydrogen-bond acceptors (Lipinski definition) is 12. The summed E-state index contributed by atoms with van der Waals surface area (Å²) in [6.07, 6.45) is 4.71. The van der Waals surface area contributed by atoms with E-state index in [-0.39, 0.29) is 42.9 Å². The normalized spacial score (nSPS) is 18.4. The average Bonchev–Trinajstić information content (AvgIpc) is 3.25. The maximum absolute atomic E-state index is 14.2. The van der Waals surface area contributed by atoms with Crippen molar-refractivity contribution in [1.29, 1.82) is 0 Å². The van der Waals surface area contributed by atoms with E-state index in [0.717, 1.165) is 36.1 Å². The molecule has 2 aromatic carbocycles. The molecule has 1 unspecified atom stereocenters. The summed E-state index contributed by atoms with van der Waals surface area (Å²) >= 11 is 0. The molecule has 340 valence electrons. The molecule has 17 heteroatoms. The summed E-state index contributed by atoms with van der Waals surface area (Å²) in [5, 5.41) is 44.3. The minimum Gasteiger partial charge on any atom is -0.508 e. The van der Waals surface area contributed by atoms with Crippen LogP contribution in [0.1, 0.15) is 62.5 Å². The summed E-state index contributed by atoms with van der Waals surface area (Å²) in [5.74, 6) is -1.64. The molecule has 1 aliphatic heterocycles. The first-order valence-corrected chi connectivity index (χ1v) is 21.8. The van der Waals surface area contributed by atoms with Gasteiger partial charge in [0.15, 0.2) is 0 Å². The molecule has 0 aliphatic carbocycles. The standard InChI is InChI=1S/C44H73N11O6/c1-45-19-8-13-34(48-4)28-52-41(58)35(49-5)14-10-21-51-40(57)27-33(18-22-47-3)53-44(61)38-24-29-11-7-12-30(23-29)31-16-17-39(56)32(25-31)26-37(50-6)43(60)54-36(42(59)55-38)15-9-20-46-2/h7,11-12,16-17,23,25,33-38,45-50,56H,8-10,13-15,18-22,24,26-28H2,1-6H3,(H,51,57)(H,52,58)(H,53,61)(H,54,60)(H,55,59)/t33?,34-,35-,36-,37-,38-/m0/s1. The highest BCUT2D eigenvalue weighted by atomic mass is 16.3. The zero-order valence-corrected chi connectivity index (χ0v) is 37.1. The van der Waals surface area contributed by atoms with E-state index in [1.807, 2.05) is 51.5 Å². The van der Waals surface area contributed by atoms with E-state index in [4.69, 9.17) is 0 Å². The van der Waals surface area contributed by atoms with Crippen molar-refractivity contribution in [1.82, 2.24) is 58.5 Å². The Labute approximate surface area is 362 Å². The van der Waals surface area contributed by atoms with Gasteiger partial charge in [0.2, 0.25) is 29.5 Å². The second-order valence-corrected chi connectivity index (χ2v) is 15.8. The number of rotatable bonds is 25. The molecule has 1 heterocycles. The average molecular weight is 852 g/mol. The summed E-state index contributed by atoms with van der Waals surface area (Å²) in [5.41, 5.74) is 3.03. The van der Waals surface area contributed by atoms with E-state index >= 15 is 0 Å². The third-order valence-electron chi connectivity index (χ3n) is 11.1. The van der Waals surface area contributed by atoms with Gasteiger partial charge in [0.1, 0.15) is 17.8 Å². The molecule has 12 N–H and O–H groups in total. The lowest BCUT2D eigenvalue weighted by molar-refractivity contribution is -0.133. The molecule has 3 rings (SSSR count). The van der Waals surface area contributed by atoms with Gasteiger partial charge in [0, 0.05) is 44.4 Å². The van der Waals surface area contributed by atoms with Gasteiger partial charge >= 0.3 is 0 Å². The number of carbonyl (C=O) groups excluding carboxylic acids is 5. The van der Waals surface area contributed by atoms with Crippen molar-refractivity contribution < 1.29 is 29.1 Å². The van der Waals surface area contributed by atoms with Crippen LogP contribution in [0.5, 0.6) is 5.75 Å². The molecule has 2 aromatic rings. The van der Waals surface area contributed by atoms with Crippen molar-refractivity contribution in [3.63, 3.8) is 0 Å². The SMILES string of the molecule is CNCCC[C@@H](CNC(=O)[C@H](CCCNC(=O)CC(CCNC)NC(=O)[C@@H]1Cc2cccc(c2)-c2ccc(O)c(c2)C[C@H](NC)C(=O)N[C@@H](CCCNC)C(=O)N1)NC)NC. The number of benzene rings is 2. The molecule has 1 aliphatic rings. The number of amides is 5. The van der Waals surface area contributed by atoms with Crippen LogP contribution < -0.4 is 58.5 Å². The minimum absolute atomic E-state index is 0.00969. The Hall–Kier alpha value is -4.65. The Morgan fingerprint density at radius 2 is 1.46 bits per heavy atom. The van der Waals surface area contributed by atoms with Crippen LogP contribution in [0, 0.1) is 0 Å². The Balaban J connectivity index is 1.75. The fraction of sp³-hybridized carbons (Fsp3) is 0.614. The lowest BCUT2D eigenvalue weighted by Gasteiger charge is -2.27. The van der Waals surface area contributed by atoms with E-state index in [1.54, 1.807) is 33.3 Å². The second kappa shape index (κ2) is 28.0. The van der Waals surface area contributed by atoms with E-state index < -0.39 is 47.9 Å². The Morgan fingerprint density at radius 1 is 0.738 bits per heavy atom. The molecule has 0 saturated heterocycles. The minimum atomic E-state index is -1.03. The van der Waals surface area contributed by atoms with Gasteiger partial charge in [0.25, 0.3) is 0 Å². The maximum Gasteiger partial charge on any atom is 0.243 e. The third kappa shape index (κ3) is 17.7. The van der Waals surface area contributed by atoms with Gasteiger partial charge < -0.3 is 63.6 Å². The predicted octanol–water partition coefficient (Wildman–Crippen LogP) is -0.612. The quantitative estimate of drug-likeness (QED) is 0.0561. The van der Waals surface area contributed by atoms with Crippen LogP contribution in [0.25, 0.3) is 11.1 Å². The lowest BCUT2D eigenvalue weighted by atomic mass is 9.95. The number of aromatic hydroxyl groups is 1. The van der Waals surface area contributed by atoms with Gasteiger partial charge in [-0.2, -0.15) is 0 Å². The predicted molar refractivity (Wildman–Crippen MR) is 240 cm³/mol. The number of carbonyl (C=O) groups is 5. The molecule has 0 spiro atoms. The van der Waals surface area contributed by atoms with E-state index in [1.165, 1.54) is 0 Å². The summed E-state index contributed by atoms with van der Waals surface area (Å²) in [6.45, 7) is 2.93. The number of likely N-dealkylation sites (N-methyl/N-ethyl adjacent to an activating group) is 3. The van der Waals surface area contributed by atoms with Crippen LogP contribution in [0.2, 0.25) is 0 Å². The van der Waals surface area contributed by atoms with Gasteiger partial charge in [-0.15, -0.1) is 0 Å². The van der Waals surface area contributed by atoms with Gasteiger partial charge in [0.05, 0.1) is 12.1 Å². The fourth-order valence-corrected chi connectivity index (χ4v) is 7.40. The topological polar surface area (TPSA) is 238 Å². The smallest absolute Gasteiger partial charge is 0.243 e. The second-order valence-electron chi connectivity index (χ2n) is 15.8. The van der Waals surface area contributed by atoms with Crippen molar-refractivity contribution in [3.8, 4) is 16.9 Å². The van der Waals surface area contributed by atoms with Crippen molar-refractivity contribution >= 4 is 29.5 Å². The van der Waals surface area contributed by atoms with Crippen LogP contribution in [-0.4, -0.2) is 146 Å². The Morgan fingerprint density at radius 3 is 2.16 bits per heavy atom. The molecule has 0 saturated carbocycles. The molecule has 6 atom stereocenters. The van der Waals surface area contributed by atoms with Gasteiger partial charge in [-0.05, 0) is 141 Å². The maximum atomic E-state index is 14.2. The fourth-order valence-electron chi connectivity index (χ4n) is 7.40. The van der Waals surface area contributed by atoms with Crippen molar-refractivity contribution in [3.05, 3.63) is 53.6 Å². The third-order valence-corrected chi connectivity index (χ3v) is 11.1. The number of phenolic OH excluding ortho intramolecular Hbond substituents is 1. The number of fused-ring (bicyclic) bond motifs is 5. The van der Waals surface area contributed by atoms with Crippen molar-refractivity contribution in [2.75, 3.05) is 75.0 Å².